The molecule has 0 bridgehead atoms. The summed E-state index contributed by atoms with van der Waals surface area (Å²) in [6.07, 6.45) is 1.41. The van der Waals surface area contributed by atoms with Crippen LogP contribution >= 0.6 is 0 Å². The Labute approximate surface area is 103 Å². The van der Waals surface area contributed by atoms with Gasteiger partial charge in [0.15, 0.2) is 0 Å². The standard InChI is InChI=1S/C13H22N2O2/c1-12(2)10(13(12,3)4)11(16)15-7-5-9(14-17)6-8-15/h10,17H,5-8H2,1-4H3. The van der Waals surface area contributed by atoms with Crippen molar-refractivity contribution in [2.75, 3.05) is 13.1 Å². The van der Waals surface area contributed by atoms with Crippen LogP contribution in [-0.2, 0) is 4.79 Å². The van der Waals surface area contributed by atoms with Gasteiger partial charge in [-0.3, -0.25) is 4.79 Å². The van der Waals surface area contributed by atoms with Crippen molar-refractivity contribution < 1.29 is 10.0 Å². The molecule has 1 aliphatic heterocycles. The molecule has 96 valence electrons. The monoisotopic (exact) mass is 238 g/mol. The molecular formula is C13H22N2O2. The summed E-state index contributed by atoms with van der Waals surface area (Å²) < 4.78 is 0. The van der Waals surface area contributed by atoms with E-state index in [4.69, 9.17) is 5.21 Å². The number of likely N-dealkylation sites (tertiary alicyclic amines) is 1. The molecule has 0 aromatic carbocycles. The molecule has 1 saturated heterocycles. The first-order valence-corrected chi connectivity index (χ1v) is 6.31. The average molecular weight is 238 g/mol. The second-order valence-electron chi connectivity index (χ2n) is 6.37. The minimum Gasteiger partial charge on any atom is -0.411 e. The van der Waals surface area contributed by atoms with Crippen LogP contribution in [0.5, 0.6) is 0 Å². The zero-order chi connectivity index (χ0) is 12.8. The summed E-state index contributed by atoms with van der Waals surface area (Å²) in [5, 5.41) is 11.9. The number of amides is 1. The summed E-state index contributed by atoms with van der Waals surface area (Å²) in [6, 6.07) is 0. The van der Waals surface area contributed by atoms with Crippen molar-refractivity contribution in [3.8, 4) is 0 Å². The Bertz CT molecular complexity index is 348. The lowest BCUT2D eigenvalue weighted by atomic mass is 10.0. The molecule has 1 aliphatic carbocycles. The first-order chi connectivity index (χ1) is 7.82. The molecule has 0 radical (unpaired) electrons. The SMILES string of the molecule is CC1(C)C(C(=O)N2CCC(=NO)CC2)C1(C)C. The highest BCUT2D eigenvalue weighted by Gasteiger charge is 2.68. The van der Waals surface area contributed by atoms with Gasteiger partial charge in [-0.2, -0.15) is 0 Å². The quantitative estimate of drug-likeness (QED) is 0.562. The molecule has 2 rings (SSSR count). The van der Waals surface area contributed by atoms with Gasteiger partial charge in [-0.1, -0.05) is 32.9 Å². The molecule has 0 aromatic rings. The summed E-state index contributed by atoms with van der Waals surface area (Å²) in [4.78, 5) is 14.3. The number of piperidine rings is 1. The van der Waals surface area contributed by atoms with E-state index in [1.165, 1.54) is 0 Å². The first kappa shape index (κ1) is 12.4. The number of oxime groups is 1. The zero-order valence-corrected chi connectivity index (χ0v) is 11.2. The van der Waals surface area contributed by atoms with E-state index in [2.05, 4.69) is 32.9 Å². The number of carbonyl (C=O) groups is 1. The van der Waals surface area contributed by atoms with Gasteiger partial charge < -0.3 is 10.1 Å². The Morgan fingerprint density at radius 2 is 1.71 bits per heavy atom. The molecule has 4 heteroatoms. The Balaban J connectivity index is 2.00. The van der Waals surface area contributed by atoms with Gasteiger partial charge in [-0.15, -0.1) is 0 Å². The van der Waals surface area contributed by atoms with Crippen molar-refractivity contribution >= 4 is 11.6 Å². The van der Waals surface area contributed by atoms with E-state index in [1.807, 2.05) is 4.90 Å². The molecule has 17 heavy (non-hydrogen) atoms. The van der Waals surface area contributed by atoms with Crippen molar-refractivity contribution in [1.82, 2.24) is 4.90 Å². The maximum absolute atomic E-state index is 12.4. The third-order valence-electron chi connectivity index (χ3n) is 5.06. The summed E-state index contributed by atoms with van der Waals surface area (Å²) in [5.41, 5.74) is 1.02. The van der Waals surface area contributed by atoms with E-state index in [-0.39, 0.29) is 22.7 Å². The summed E-state index contributed by atoms with van der Waals surface area (Å²) in [6.45, 7) is 10.1. The molecular weight excluding hydrogens is 216 g/mol. The number of hydrogen-bond acceptors (Lipinski definition) is 3. The molecule has 4 nitrogen and oxygen atoms in total. The molecule has 2 fully saturated rings. The summed E-state index contributed by atoms with van der Waals surface area (Å²) >= 11 is 0. The van der Waals surface area contributed by atoms with Crippen LogP contribution in [0, 0.1) is 16.7 Å². The molecule has 1 N–H and O–H groups in total. The van der Waals surface area contributed by atoms with Crippen LogP contribution in [0.15, 0.2) is 5.16 Å². The summed E-state index contributed by atoms with van der Waals surface area (Å²) in [7, 11) is 0. The highest BCUT2D eigenvalue weighted by molar-refractivity contribution is 5.89. The van der Waals surface area contributed by atoms with Crippen LogP contribution < -0.4 is 0 Å². The fourth-order valence-electron chi connectivity index (χ4n) is 3.08. The lowest BCUT2D eigenvalue weighted by Crippen LogP contribution is -2.40. The smallest absolute Gasteiger partial charge is 0.226 e. The second kappa shape index (κ2) is 3.72. The van der Waals surface area contributed by atoms with Gasteiger partial charge in [0.05, 0.1) is 5.71 Å². The number of carbonyl (C=O) groups excluding carboxylic acids is 1. The minimum atomic E-state index is 0.107. The van der Waals surface area contributed by atoms with Gasteiger partial charge in [0.2, 0.25) is 5.91 Å². The van der Waals surface area contributed by atoms with Crippen molar-refractivity contribution in [2.24, 2.45) is 21.9 Å². The third kappa shape index (κ3) is 1.74. The second-order valence-corrected chi connectivity index (χ2v) is 6.37. The van der Waals surface area contributed by atoms with Crippen LogP contribution in [0.2, 0.25) is 0 Å². The molecule has 1 amide bonds. The van der Waals surface area contributed by atoms with Gasteiger partial charge in [-0.25, -0.2) is 0 Å². The van der Waals surface area contributed by atoms with E-state index >= 15 is 0 Å². The highest BCUT2D eigenvalue weighted by Crippen LogP contribution is 2.68. The van der Waals surface area contributed by atoms with Gasteiger partial charge in [0.1, 0.15) is 0 Å². The predicted molar refractivity (Wildman–Crippen MR) is 66.1 cm³/mol. The normalized spacial score (nSPS) is 26.8. The number of nitrogens with zero attached hydrogens (tertiary/aromatic N) is 2. The lowest BCUT2D eigenvalue weighted by molar-refractivity contribution is -0.134. The highest BCUT2D eigenvalue weighted by atomic mass is 16.4. The summed E-state index contributed by atoms with van der Waals surface area (Å²) in [5.74, 6) is 0.416. The third-order valence-corrected chi connectivity index (χ3v) is 5.06. The number of rotatable bonds is 1. The van der Waals surface area contributed by atoms with Crippen molar-refractivity contribution in [3.63, 3.8) is 0 Å². The molecule has 2 aliphatic rings. The molecule has 0 spiro atoms. The van der Waals surface area contributed by atoms with Crippen molar-refractivity contribution in [3.05, 3.63) is 0 Å². The molecule has 0 aromatic heterocycles. The Hall–Kier alpha value is -1.06. The maximum Gasteiger partial charge on any atom is 0.226 e. The molecule has 0 unspecified atom stereocenters. The lowest BCUT2D eigenvalue weighted by Gasteiger charge is -2.28. The fourth-order valence-corrected chi connectivity index (χ4v) is 3.08. The van der Waals surface area contributed by atoms with Crippen LogP contribution in [0.4, 0.5) is 0 Å². The van der Waals surface area contributed by atoms with Gasteiger partial charge in [0.25, 0.3) is 0 Å². The van der Waals surface area contributed by atoms with Gasteiger partial charge in [-0.05, 0) is 10.8 Å². The Morgan fingerprint density at radius 3 is 2.06 bits per heavy atom. The Kier molecular flexibility index (Phi) is 2.71. The topological polar surface area (TPSA) is 52.9 Å². The van der Waals surface area contributed by atoms with Crippen LogP contribution in [0.1, 0.15) is 40.5 Å². The largest absolute Gasteiger partial charge is 0.411 e. The first-order valence-electron chi connectivity index (χ1n) is 6.31. The Morgan fingerprint density at radius 1 is 1.24 bits per heavy atom. The van der Waals surface area contributed by atoms with E-state index in [1.54, 1.807) is 0 Å². The maximum atomic E-state index is 12.4. The van der Waals surface area contributed by atoms with Crippen molar-refractivity contribution in [1.29, 1.82) is 0 Å². The average Bonchev–Trinajstić information content (AvgIpc) is 2.69. The molecule has 0 atom stereocenters. The van der Waals surface area contributed by atoms with Crippen LogP contribution in [0.25, 0.3) is 0 Å². The van der Waals surface area contributed by atoms with E-state index in [9.17, 15) is 4.79 Å². The predicted octanol–water partition coefficient (Wildman–Crippen LogP) is 2.12. The van der Waals surface area contributed by atoms with Crippen LogP contribution in [0.3, 0.4) is 0 Å². The van der Waals surface area contributed by atoms with Gasteiger partial charge in [0, 0.05) is 31.8 Å². The number of hydrogen-bond donors (Lipinski definition) is 1. The van der Waals surface area contributed by atoms with Gasteiger partial charge >= 0.3 is 0 Å². The zero-order valence-electron chi connectivity index (χ0n) is 11.2. The minimum absolute atomic E-state index is 0.107. The van der Waals surface area contributed by atoms with E-state index < -0.39 is 0 Å². The van der Waals surface area contributed by atoms with E-state index in [0.717, 1.165) is 5.71 Å². The van der Waals surface area contributed by atoms with E-state index in [0.29, 0.717) is 25.9 Å². The van der Waals surface area contributed by atoms with Crippen molar-refractivity contribution in [2.45, 2.75) is 40.5 Å². The molecule has 1 saturated carbocycles. The fraction of sp³-hybridized carbons (Fsp3) is 0.846. The molecule has 1 heterocycles. The van der Waals surface area contributed by atoms with Crippen LogP contribution in [-0.4, -0.2) is 34.8 Å².